The molecule has 0 unspecified atom stereocenters. The summed E-state index contributed by atoms with van der Waals surface area (Å²) in [6.45, 7) is 3.06. The number of halogens is 1. The molecule has 2 heterocycles. The SMILES string of the molecule is CCCCn1cc(Cn2c(-c3ccc(F)cc3)nc3c2C(=O)c2ccccc2C3=O)nn1. The number of aromatic nitrogens is 5. The van der Waals surface area contributed by atoms with E-state index in [-0.39, 0.29) is 35.3 Å². The van der Waals surface area contributed by atoms with E-state index in [0.717, 1.165) is 19.4 Å². The van der Waals surface area contributed by atoms with Gasteiger partial charge >= 0.3 is 0 Å². The van der Waals surface area contributed by atoms with Gasteiger partial charge in [-0.2, -0.15) is 0 Å². The molecule has 0 spiro atoms. The van der Waals surface area contributed by atoms with Crippen LogP contribution in [0.4, 0.5) is 4.39 Å². The van der Waals surface area contributed by atoms with Crippen LogP contribution in [0, 0.1) is 5.82 Å². The fourth-order valence-corrected chi connectivity index (χ4v) is 3.95. The zero-order valence-corrected chi connectivity index (χ0v) is 17.5. The fraction of sp³-hybridized carbons (Fsp3) is 0.208. The molecule has 0 aliphatic heterocycles. The number of fused-ring (bicyclic) bond motifs is 2. The highest BCUT2D eigenvalue weighted by Crippen LogP contribution is 2.32. The lowest BCUT2D eigenvalue weighted by Gasteiger charge is -2.16. The maximum absolute atomic E-state index is 13.5. The van der Waals surface area contributed by atoms with E-state index in [1.54, 1.807) is 45.6 Å². The number of carbonyl (C=O) groups is 2. The molecule has 0 saturated heterocycles. The molecule has 2 aromatic heterocycles. The lowest BCUT2D eigenvalue weighted by atomic mass is 9.90. The minimum absolute atomic E-state index is 0.103. The molecule has 2 aromatic carbocycles. The molecule has 32 heavy (non-hydrogen) atoms. The van der Waals surface area contributed by atoms with Crippen LogP contribution < -0.4 is 0 Å². The van der Waals surface area contributed by atoms with Crippen LogP contribution in [-0.2, 0) is 13.1 Å². The van der Waals surface area contributed by atoms with Gasteiger partial charge in [0.15, 0.2) is 0 Å². The summed E-state index contributed by atoms with van der Waals surface area (Å²) >= 11 is 0. The molecule has 0 fully saturated rings. The van der Waals surface area contributed by atoms with Crippen molar-refractivity contribution in [3.05, 3.63) is 88.8 Å². The van der Waals surface area contributed by atoms with Crippen LogP contribution in [0.25, 0.3) is 11.4 Å². The summed E-state index contributed by atoms with van der Waals surface area (Å²) in [6.07, 6.45) is 3.85. The fourth-order valence-electron chi connectivity index (χ4n) is 3.95. The van der Waals surface area contributed by atoms with Gasteiger partial charge in [-0.15, -0.1) is 5.10 Å². The minimum atomic E-state index is -0.380. The smallest absolute Gasteiger partial charge is 0.214 e. The summed E-state index contributed by atoms with van der Waals surface area (Å²) in [5.41, 5.74) is 2.25. The molecule has 0 amide bonds. The Labute approximate surface area is 183 Å². The number of imidazole rings is 1. The van der Waals surface area contributed by atoms with Gasteiger partial charge in [0.05, 0.1) is 12.7 Å². The van der Waals surface area contributed by atoms with Gasteiger partial charge in [-0.05, 0) is 30.7 Å². The van der Waals surface area contributed by atoms with Crippen molar-refractivity contribution in [1.82, 2.24) is 24.5 Å². The minimum Gasteiger partial charge on any atom is -0.314 e. The third kappa shape index (κ3) is 3.33. The van der Waals surface area contributed by atoms with E-state index < -0.39 is 0 Å². The summed E-state index contributed by atoms with van der Waals surface area (Å²) < 4.78 is 17.0. The molecule has 0 atom stereocenters. The first-order valence-electron chi connectivity index (χ1n) is 10.5. The van der Waals surface area contributed by atoms with E-state index in [1.807, 2.05) is 6.20 Å². The largest absolute Gasteiger partial charge is 0.314 e. The number of hydrogen-bond donors (Lipinski definition) is 0. The van der Waals surface area contributed by atoms with Gasteiger partial charge in [0, 0.05) is 23.2 Å². The molecule has 0 bridgehead atoms. The average Bonchev–Trinajstić information content (AvgIpc) is 3.42. The quantitative estimate of drug-likeness (QED) is 0.409. The van der Waals surface area contributed by atoms with Gasteiger partial charge < -0.3 is 4.57 Å². The Kier molecular flexibility index (Phi) is 4.97. The van der Waals surface area contributed by atoms with Crippen LogP contribution in [0.2, 0.25) is 0 Å². The molecule has 0 N–H and O–H groups in total. The Morgan fingerprint density at radius 2 is 1.69 bits per heavy atom. The van der Waals surface area contributed by atoms with Gasteiger partial charge in [-0.25, -0.2) is 9.37 Å². The highest BCUT2D eigenvalue weighted by molar-refractivity contribution is 6.27. The molecule has 1 aliphatic carbocycles. The van der Waals surface area contributed by atoms with Crippen LogP contribution in [0.3, 0.4) is 0 Å². The number of rotatable bonds is 6. The van der Waals surface area contributed by atoms with Crippen molar-refractivity contribution in [3.8, 4) is 11.4 Å². The van der Waals surface area contributed by atoms with E-state index in [2.05, 4.69) is 22.2 Å². The van der Waals surface area contributed by atoms with Crippen LogP contribution in [-0.4, -0.2) is 36.1 Å². The second kappa shape index (κ2) is 7.96. The normalized spacial score (nSPS) is 12.7. The van der Waals surface area contributed by atoms with Gasteiger partial charge in [0.2, 0.25) is 11.6 Å². The Morgan fingerprint density at radius 3 is 2.41 bits per heavy atom. The number of benzene rings is 2. The molecule has 8 heteroatoms. The van der Waals surface area contributed by atoms with Crippen molar-refractivity contribution in [2.24, 2.45) is 0 Å². The number of unbranched alkanes of at least 4 members (excludes halogenated alkanes) is 1. The molecule has 0 saturated carbocycles. The topological polar surface area (TPSA) is 82.7 Å². The first kappa shape index (κ1) is 20.0. The third-order valence-electron chi connectivity index (χ3n) is 5.56. The maximum Gasteiger partial charge on any atom is 0.214 e. The predicted octanol–water partition coefficient (Wildman–Crippen LogP) is 3.90. The van der Waals surface area contributed by atoms with Gasteiger partial charge in [-0.1, -0.05) is 42.8 Å². The molecule has 1 aliphatic rings. The summed E-state index contributed by atoms with van der Waals surface area (Å²) in [4.78, 5) is 31.1. The monoisotopic (exact) mass is 429 g/mol. The summed E-state index contributed by atoms with van der Waals surface area (Å²) in [5.74, 6) is -0.541. The first-order valence-corrected chi connectivity index (χ1v) is 10.5. The van der Waals surface area contributed by atoms with Crippen molar-refractivity contribution in [3.63, 3.8) is 0 Å². The number of carbonyl (C=O) groups excluding carboxylic acids is 2. The summed E-state index contributed by atoms with van der Waals surface area (Å²) in [7, 11) is 0. The highest BCUT2D eigenvalue weighted by atomic mass is 19.1. The van der Waals surface area contributed by atoms with E-state index in [9.17, 15) is 14.0 Å². The average molecular weight is 429 g/mol. The van der Waals surface area contributed by atoms with Gasteiger partial charge in [0.1, 0.15) is 28.7 Å². The number of hydrogen-bond acceptors (Lipinski definition) is 5. The Morgan fingerprint density at radius 1 is 0.969 bits per heavy atom. The second-order valence-corrected chi connectivity index (χ2v) is 7.76. The molecule has 4 aromatic rings. The van der Waals surface area contributed by atoms with Crippen LogP contribution in [0.1, 0.15) is 57.6 Å². The van der Waals surface area contributed by atoms with Crippen LogP contribution >= 0.6 is 0 Å². The first-order chi connectivity index (χ1) is 15.6. The van der Waals surface area contributed by atoms with Crippen molar-refractivity contribution < 1.29 is 14.0 Å². The molecular formula is C24H20FN5O2. The number of aryl methyl sites for hydroxylation is 1. The van der Waals surface area contributed by atoms with Crippen molar-refractivity contribution in [2.75, 3.05) is 0 Å². The lowest BCUT2D eigenvalue weighted by molar-refractivity contribution is 0.0971. The molecule has 5 rings (SSSR count). The third-order valence-corrected chi connectivity index (χ3v) is 5.56. The second-order valence-electron chi connectivity index (χ2n) is 7.76. The van der Waals surface area contributed by atoms with Crippen LogP contribution in [0.5, 0.6) is 0 Å². The summed E-state index contributed by atoms with van der Waals surface area (Å²) in [5, 5.41) is 8.40. The van der Waals surface area contributed by atoms with Crippen LogP contribution in [0.15, 0.2) is 54.7 Å². The predicted molar refractivity (Wildman–Crippen MR) is 115 cm³/mol. The molecule has 160 valence electrons. The van der Waals surface area contributed by atoms with E-state index in [4.69, 9.17) is 0 Å². The van der Waals surface area contributed by atoms with Gasteiger partial charge in [-0.3, -0.25) is 14.3 Å². The molecule has 7 nitrogen and oxygen atoms in total. The molecular weight excluding hydrogens is 409 g/mol. The van der Waals surface area contributed by atoms with E-state index in [1.165, 1.54) is 12.1 Å². The Hall–Kier alpha value is -3.94. The van der Waals surface area contributed by atoms with E-state index in [0.29, 0.717) is 28.2 Å². The maximum atomic E-state index is 13.5. The zero-order valence-electron chi connectivity index (χ0n) is 17.5. The van der Waals surface area contributed by atoms with Crippen molar-refractivity contribution >= 4 is 11.6 Å². The Bertz CT molecular complexity index is 1340. The lowest BCUT2D eigenvalue weighted by Crippen LogP contribution is -2.23. The Balaban J connectivity index is 1.64. The van der Waals surface area contributed by atoms with Gasteiger partial charge in [0.25, 0.3) is 0 Å². The zero-order chi connectivity index (χ0) is 22.2. The van der Waals surface area contributed by atoms with Crippen molar-refractivity contribution in [1.29, 1.82) is 0 Å². The van der Waals surface area contributed by atoms with Crippen molar-refractivity contribution in [2.45, 2.75) is 32.9 Å². The number of nitrogens with zero attached hydrogens (tertiary/aromatic N) is 5. The summed E-state index contributed by atoms with van der Waals surface area (Å²) in [6, 6.07) is 12.6. The van der Waals surface area contributed by atoms with E-state index >= 15 is 0 Å². The standard InChI is InChI=1S/C24H20FN5O2/c1-2-3-12-29-13-17(27-28-29)14-30-21-20(26-24(30)15-8-10-16(25)11-9-15)22(31)18-6-4-5-7-19(18)23(21)32/h4-11,13H,2-3,12,14H2,1H3. The number of ketones is 2. The molecule has 0 radical (unpaired) electrons. The highest BCUT2D eigenvalue weighted by Gasteiger charge is 2.36.